The number of rotatable bonds is 8. The van der Waals surface area contributed by atoms with Crippen LogP contribution in [0.15, 0.2) is 140 Å². The van der Waals surface area contributed by atoms with Crippen molar-refractivity contribution >= 4 is 51.0 Å². The lowest BCUT2D eigenvalue weighted by Crippen LogP contribution is -3.00. The van der Waals surface area contributed by atoms with Crippen LogP contribution in [0.3, 0.4) is 0 Å². The van der Waals surface area contributed by atoms with E-state index >= 15 is 0 Å². The number of benzene rings is 5. The van der Waals surface area contributed by atoms with Crippen molar-refractivity contribution in [2.45, 2.75) is 11.5 Å². The number of halogens is 2. The maximum absolute atomic E-state index is 11.3. The van der Waals surface area contributed by atoms with Crippen LogP contribution >= 0.6 is 23.2 Å². The summed E-state index contributed by atoms with van der Waals surface area (Å²) in [5.74, 6) is -1.78. The highest BCUT2D eigenvalue weighted by atomic mass is 79.9. The van der Waals surface area contributed by atoms with Crippen LogP contribution in [0.25, 0.3) is 0 Å². The Hall–Kier alpha value is -3.57. The number of hydrogen-bond donors (Lipinski definition) is 2. The Bertz CT molecular complexity index is 1430. The van der Waals surface area contributed by atoms with Crippen LogP contribution in [0.4, 0.5) is 0 Å². The predicted molar refractivity (Wildman–Crippen MR) is 168 cm³/mol. The third-order valence-electron chi connectivity index (χ3n) is 6.57. The van der Waals surface area contributed by atoms with Gasteiger partial charge in [0.2, 0.25) is 0 Å². The lowest BCUT2D eigenvalue weighted by atomic mass is 10.1. The Morgan fingerprint density at radius 3 is 1.12 bits per heavy atom. The molecule has 0 aliphatic carbocycles. The van der Waals surface area contributed by atoms with E-state index in [1.807, 2.05) is 12.1 Å². The third-order valence-corrected chi connectivity index (χ3v) is 11.6. The van der Waals surface area contributed by atoms with E-state index in [9.17, 15) is 14.7 Å². The Morgan fingerprint density at radius 1 is 0.512 bits per heavy atom. The van der Waals surface area contributed by atoms with Gasteiger partial charge in [-0.15, -0.1) is 0 Å². The maximum Gasteiger partial charge on any atom is 0.335 e. The number of carbonyl (C=O) groups is 2. The van der Waals surface area contributed by atoms with Crippen LogP contribution in [0.2, 0.25) is 0 Å². The quantitative estimate of drug-likeness (QED) is 0.189. The van der Waals surface area contributed by atoms with Gasteiger partial charge < -0.3 is 27.2 Å². The van der Waals surface area contributed by atoms with Gasteiger partial charge in [0, 0.05) is 5.33 Å². The number of hydrogen-bond acceptors (Lipinski definition) is 2. The monoisotopic (exact) mass is 690 g/mol. The molecule has 5 rings (SSSR count). The molecular formula is C34H29Br2O4P. The summed E-state index contributed by atoms with van der Waals surface area (Å²) in [4.78, 5) is 21.7. The van der Waals surface area contributed by atoms with Crippen molar-refractivity contribution in [2.24, 2.45) is 0 Å². The second-order valence-electron chi connectivity index (χ2n) is 9.11. The normalized spacial score (nSPS) is 10.5. The zero-order valence-corrected chi connectivity index (χ0v) is 26.2. The van der Waals surface area contributed by atoms with Gasteiger partial charge in [-0.1, -0.05) is 94.8 Å². The summed E-state index contributed by atoms with van der Waals surface area (Å²) in [7, 11) is -1.96. The van der Waals surface area contributed by atoms with E-state index in [1.54, 1.807) is 36.4 Å². The molecule has 0 bridgehead atoms. The van der Waals surface area contributed by atoms with Crippen LogP contribution < -0.4 is 32.9 Å². The van der Waals surface area contributed by atoms with Crippen molar-refractivity contribution in [3.05, 3.63) is 162 Å². The molecule has 0 atom stereocenters. The minimum Gasteiger partial charge on any atom is -1.00 e. The van der Waals surface area contributed by atoms with Crippen molar-refractivity contribution in [1.29, 1.82) is 0 Å². The molecule has 0 heterocycles. The molecule has 0 aliphatic rings. The molecule has 0 aliphatic heterocycles. The highest BCUT2D eigenvalue weighted by Gasteiger charge is 2.45. The summed E-state index contributed by atoms with van der Waals surface area (Å²) >= 11 is 3.27. The molecule has 0 amide bonds. The standard InChI is InChI=1S/C26H21O2P.C8H7BrO2.BrH/c27-26(28)22-18-16-21(17-19-22)20-29(23-10-4-1-5-11-23,24-12-6-2-7-13-24)25-14-8-3-9-15-25;9-5-6-1-3-7(4-2-6)8(10)11;/h1-19H,20H2;1-4H,5H2,(H,10,11);1H. The second-order valence-corrected chi connectivity index (χ2v) is 13.2. The largest absolute Gasteiger partial charge is 1.00 e. The fraction of sp³-hybridized carbons (Fsp3) is 0.0588. The van der Waals surface area contributed by atoms with Gasteiger partial charge in [-0.05, 0) is 71.8 Å². The first-order chi connectivity index (χ1) is 19.4. The Balaban J connectivity index is 0.000000326. The number of aromatic carboxylic acids is 2. The lowest BCUT2D eigenvalue weighted by Gasteiger charge is -2.27. The molecule has 0 unspecified atom stereocenters. The van der Waals surface area contributed by atoms with Crippen molar-refractivity contribution < 1.29 is 36.8 Å². The summed E-state index contributed by atoms with van der Waals surface area (Å²) in [6.07, 6.45) is 0.838. The van der Waals surface area contributed by atoms with Crippen LogP contribution in [0.1, 0.15) is 31.8 Å². The zero-order chi connectivity index (χ0) is 28.4. The molecule has 4 nitrogen and oxygen atoms in total. The van der Waals surface area contributed by atoms with E-state index in [1.165, 1.54) is 15.9 Å². The molecule has 7 heteroatoms. The van der Waals surface area contributed by atoms with Gasteiger partial charge in [0.25, 0.3) is 0 Å². The van der Waals surface area contributed by atoms with Crippen molar-refractivity contribution in [3.8, 4) is 0 Å². The summed E-state index contributed by atoms with van der Waals surface area (Å²) in [5.41, 5.74) is 2.86. The first-order valence-electron chi connectivity index (χ1n) is 12.7. The molecule has 0 fully saturated rings. The van der Waals surface area contributed by atoms with Crippen LogP contribution in [0, 0.1) is 0 Å². The number of alkyl halides is 1. The fourth-order valence-electron chi connectivity index (χ4n) is 4.53. The molecule has 208 valence electrons. The van der Waals surface area contributed by atoms with Gasteiger partial charge in [0.15, 0.2) is 0 Å². The molecule has 41 heavy (non-hydrogen) atoms. The van der Waals surface area contributed by atoms with Gasteiger partial charge in [-0.25, -0.2) is 9.59 Å². The average Bonchev–Trinajstić information content (AvgIpc) is 3.02. The minimum absolute atomic E-state index is 0. The smallest absolute Gasteiger partial charge is 0.335 e. The fourth-order valence-corrected chi connectivity index (χ4v) is 9.15. The lowest BCUT2D eigenvalue weighted by molar-refractivity contribution is -0.0000381. The molecule has 0 saturated carbocycles. The van der Waals surface area contributed by atoms with Gasteiger partial charge >= 0.3 is 11.9 Å². The molecule has 0 aromatic heterocycles. The highest BCUT2D eigenvalue weighted by Crippen LogP contribution is 2.58. The van der Waals surface area contributed by atoms with E-state index in [-0.39, 0.29) is 17.0 Å². The molecule has 5 aromatic carbocycles. The second kappa shape index (κ2) is 15.4. The van der Waals surface area contributed by atoms with E-state index in [0.29, 0.717) is 11.1 Å². The minimum atomic E-state index is -1.96. The summed E-state index contributed by atoms with van der Waals surface area (Å²) < 4.78 is 0. The Labute approximate surface area is 260 Å². The molecule has 5 aromatic rings. The van der Waals surface area contributed by atoms with Gasteiger partial charge in [0.1, 0.15) is 23.2 Å². The van der Waals surface area contributed by atoms with Crippen LogP contribution in [-0.2, 0) is 11.5 Å². The average molecular weight is 692 g/mol. The highest BCUT2D eigenvalue weighted by molar-refractivity contribution is 9.08. The first kappa shape index (κ1) is 32.0. The van der Waals surface area contributed by atoms with E-state index < -0.39 is 19.2 Å². The first-order valence-corrected chi connectivity index (χ1v) is 15.8. The summed E-state index contributed by atoms with van der Waals surface area (Å²) in [6.45, 7) is 0. The maximum atomic E-state index is 11.3. The SMILES string of the molecule is O=C(O)c1ccc(CBr)cc1.O=C(O)c1ccc(C[P+](c2ccccc2)(c2ccccc2)c2ccccc2)cc1.[Br-]. The molecule has 0 radical (unpaired) electrons. The Kier molecular flexibility index (Phi) is 12.0. The van der Waals surface area contributed by atoms with E-state index in [2.05, 4.69) is 107 Å². The van der Waals surface area contributed by atoms with Gasteiger partial charge in [-0.2, -0.15) is 0 Å². The summed E-state index contributed by atoms with van der Waals surface area (Å²) in [5, 5.41) is 22.5. The zero-order valence-electron chi connectivity index (χ0n) is 22.1. The predicted octanol–water partition coefficient (Wildman–Crippen LogP) is 4.16. The van der Waals surface area contributed by atoms with E-state index in [0.717, 1.165) is 22.6 Å². The van der Waals surface area contributed by atoms with Crippen LogP contribution in [-0.4, -0.2) is 22.2 Å². The third kappa shape index (κ3) is 8.01. The molecule has 0 spiro atoms. The molecular weight excluding hydrogens is 663 g/mol. The Morgan fingerprint density at radius 2 is 0.829 bits per heavy atom. The van der Waals surface area contributed by atoms with E-state index in [4.69, 9.17) is 5.11 Å². The van der Waals surface area contributed by atoms with Crippen LogP contribution in [0.5, 0.6) is 0 Å². The van der Waals surface area contributed by atoms with Gasteiger partial charge in [0.05, 0.1) is 17.3 Å². The van der Waals surface area contributed by atoms with Crippen molar-refractivity contribution in [2.75, 3.05) is 0 Å². The molecule has 2 N–H and O–H groups in total. The van der Waals surface area contributed by atoms with Crippen molar-refractivity contribution in [1.82, 2.24) is 0 Å². The molecule has 0 saturated heterocycles. The number of carboxylic acids is 2. The summed E-state index contributed by atoms with van der Waals surface area (Å²) in [6, 6.07) is 46.2. The topological polar surface area (TPSA) is 74.6 Å². The number of carboxylic acid groups (broad SMARTS) is 2. The van der Waals surface area contributed by atoms with Crippen molar-refractivity contribution in [3.63, 3.8) is 0 Å². The van der Waals surface area contributed by atoms with Gasteiger partial charge in [-0.3, -0.25) is 0 Å².